The number of likely N-dealkylation sites (tertiary alicyclic amines) is 1. The van der Waals surface area contributed by atoms with Crippen molar-refractivity contribution in [3.8, 4) is 6.07 Å². The van der Waals surface area contributed by atoms with Crippen LogP contribution < -0.4 is 0 Å². The predicted octanol–water partition coefficient (Wildman–Crippen LogP) is 2.47. The third-order valence-electron chi connectivity index (χ3n) is 4.32. The molecule has 0 N–H and O–H groups in total. The fraction of sp³-hybridized carbons (Fsp3) is 0.846. The number of nitrogens with zero attached hydrogens (tertiary/aromatic N) is 2. The molecule has 1 aliphatic heterocycles. The molecule has 2 aliphatic rings. The molecule has 16 heavy (non-hydrogen) atoms. The molecular weight excluding hydrogens is 200 g/mol. The topological polar surface area (TPSA) is 44.1 Å². The number of carbonyl (C=O) groups excluding carboxylic acids is 1. The van der Waals surface area contributed by atoms with Crippen LogP contribution in [-0.2, 0) is 4.79 Å². The van der Waals surface area contributed by atoms with E-state index in [0.717, 1.165) is 25.9 Å². The highest BCUT2D eigenvalue weighted by atomic mass is 16.2. The van der Waals surface area contributed by atoms with E-state index in [1.807, 2.05) is 11.0 Å². The lowest BCUT2D eigenvalue weighted by Crippen LogP contribution is -2.43. The minimum atomic E-state index is 0.0214. The molecule has 0 bridgehead atoms. The van der Waals surface area contributed by atoms with Gasteiger partial charge in [0.1, 0.15) is 6.42 Å². The third-order valence-corrected chi connectivity index (χ3v) is 4.32. The summed E-state index contributed by atoms with van der Waals surface area (Å²) >= 11 is 0. The number of carbonyl (C=O) groups is 1. The van der Waals surface area contributed by atoms with Gasteiger partial charge in [0.05, 0.1) is 6.07 Å². The van der Waals surface area contributed by atoms with Crippen LogP contribution in [0.4, 0.5) is 0 Å². The second-order valence-electron chi connectivity index (χ2n) is 5.28. The van der Waals surface area contributed by atoms with E-state index in [1.165, 1.54) is 32.1 Å². The zero-order valence-corrected chi connectivity index (χ0v) is 9.87. The van der Waals surface area contributed by atoms with Gasteiger partial charge < -0.3 is 4.90 Å². The molecule has 1 spiro atoms. The summed E-state index contributed by atoms with van der Waals surface area (Å²) in [5.41, 5.74) is 0.543. The van der Waals surface area contributed by atoms with Crippen molar-refractivity contribution < 1.29 is 4.79 Å². The summed E-state index contributed by atoms with van der Waals surface area (Å²) in [7, 11) is 0. The second-order valence-corrected chi connectivity index (χ2v) is 5.28. The Kier molecular flexibility index (Phi) is 3.48. The molecule has 2 rings (SSSR count). The van der Waals surface area contributed by atoms with Gasteiger partial charge in [-0.15, -0.1) is 0 Å². The Morgan fingerprint density at radius 1 is 1.12 bits per heavy atom. The van der Waals surface area contributed by atoms with Crippen LogP contribution >= 0.6 is 0 Å². The minimum absolute atomic E-state index is 0.0214. The summed E-state index contributed by atoms with van der Waals surface area (Å²) in [6.45, 7) is 1.75. The van der Waals surface area contributed by atoms with Crippen molar-refractivity contribution in [1.82, 2.24) is 4.90 Å². The number of piperidine rings is 1. The first kappa shape index (κ1) is 11.4. The van der Waals surface area contributed by atoms with Gasteiger partial charge >= 0.3 is 0 Å². The molecule has 88 valence electrons. The summed E-state index contributed by atoms with van der Waals surface area (Å²) in [6, 6.07) is 1.94. The second kappa shape index (κ2) is 4.86. The van der Waals surface area contributed by atoms with E-state index < -0.39 is 0 Å². The van der Waals surface area contributed by atoms with E-state index in [2.05, 4.69) is 0 Å². The molecule has 1 aliphatic carbocycles. The van der Waals surface area contributed by atoms with E-state index in [0.29, 0.717) is 5.41 Å². The molecule has 0 radical (unpaired) electrons. The average molecular weight is 220 g/mol. The van der Waals surface area contributed by atoms with Crippen molar-refractivity contribution >= 4 is 5.91 Å². The van der Waals surface area contributed by atoms with E-state index in [1.54, 1.807) is 0 Å². The first-order valence-electron chi connectivity index (χ1n) is 6.41. The van der Waals surface area contributed by atoms with Crippen molar-refractivity contribution in [3.63, 3.8) is 0 Å². The van der Waals surface area contributed by atoms with Gasteiger partial charge in [-0.1, -0.05) is 19.3 Å². The maximum Gasteiger partial charge on any atom is 0.236 e. The van der Waals surface area contributed by atoms with Crippen molar-refractivity contribution in [2.45, 2.75) is 51.4 Å². The lowest BCUT2D eigenvalue weighted by molar-refractivity contribution is -0.132. The van der Waals surface area contributed by atoms with Gasteiger partial charge in [-0.05, 0) is 31.1 Å². The average Bonchev–Trinajstić information content (AvgIpc) is 2.31. The number of rotatable bonds is 1. The van der Waals surface area contributed by atoms with Crippen LogP contribution in [0.1, 0.15) is 51.4 Å². The van der Waals surface area contributed by atoms with Crippen molar-refractivity contribution in [2.75, 3.05) is 13.1 Å². The van der Waals surface area contributed by atoms with Crippen LogP contribution in [0, 0.1) is 16.7 Å². The molecule has 0 aromatic rings. The van der Waals surface area contributed by atoms with E-state index in [-0.39, 0.29) is 12.3 Å². The van der Waals surface area contributed by atoms with E-state index in [4.69, 9.17) is 5.26 Å². The van der Waals surface area contributed by atoms with Gasteiger partial charge in [-0.3, -0.25) is 4.79 Å². The van der Waals surface area contributed by atoms with Gasteiger partial charge in [-0.25, -0.2) is 0 Å². The molecule has 0 atom stereocenters. The number of hydrogen-bond donors (Lipinski definition) is 0. The first-order chi connectivity index (χ1) is 7.76. The smallest absolute Gasteiger partial charge is 0.236 e. The van der Waals surface area contributed by atoms with Crippen LogP contribution in [0.15, 0.2) is 0 Å². The Morgan fingerprint density at radius 2 is 1.75 bits per heavy atom. The maximum absolute atomic E-state index is 11.6. The predicted molar refractivity (Wildman–Crippen MR) is 61.6 cm³/mol. The normalized spacial score (nSPS) is 24.1. The van der Waals surface area contributed by atoms with Crippen LogP contribution in [0.25, 0.3) is 0 Å². The van der Waals surface area contributed by atoms with Crippen molar-refractivity contribution in [3.05, 3.63) is 0 Å². The Hall–Kier alpha value is -1.04. The Bertz CT molecular complexity index is 290. The molecule has 1 heterocycles. The standard InChI is InChI=1S/C13H20N2O/c14-9-4-12(16)15-10-7-13(8-11-15)5-2-1-3-6-13/h1-8,10-11H2. The molecule has 0 unspecified atom stereocenters. The zero-order valence-electron chi connectivity index (χ0n) is 9.87. The SMILES string of the molecule is N#CCC(=O)N1CCC2(CCCCC2)CC1. The minimum Gasteiger partial charge on any atom is -0.342 e. The zero-order chi connectivity index (χ0) is 11.4. The Balaban J connectivity index is 1.86. The highest BCUT2D eigenvalue weighted by Crippen LogP contribution is 2.44. The van der Waals surface area contributed by atoms with Crippen LogP contribution in [-0.4, -0.2) is 23.9 Å². The highest BCUT2D eigenvalue weighted by molar-refractivity contribution is 5.78. The van der Waals surface area contributed by atoms with E-state index >= 15 is 0 Å². The summed E-state index contributed by atoms with van der Waals surface area (Å²) in [4.78, 5) is 13.5. The largest absolute Gasteiger partial charge is 0.342 e. The molecule has 0 aromatic heterocycles. The summed E-state index contributed by atoms with van der Waals surface area (Å²) in [6.07, 6.45) is 9.19. The summed E-state index contributed by atoms with van der Waals surface area (Å²) < 4.78 is 0. The third kappa shape index (κ3) is 2.37. The number of nitriles is 1. The molecule has 1 amide bonds. The van der Waals surface area contributed by atoms with Crippen LogP contribution in [0.3, 0.4) is 0 Å². The Labute approximate surface area is 97.4 Å². The lowest BCUT2D eigenvalue weighted by atomic mass is 9.68. The van der Waals surface area contributed by atoms with Gasteiger partial charge in [0.15, 0.2) is 0 Å². The molecular formula is C13H20N2O. The summed E-state index contributed by atoms with van der Waals surface area (Å²) in [5.74, 6) is 0.0214. The van der Waals surface area contributed by atoms with Crippen molar-refractivity contribution in [2.24, 2.45) is 5.41 Å². The quantitative estimate of drug-likeness (QED) is 0.681. The Morgan fingerprint density at radius 3 is 2.31 bits per heavy atom. The molecule has 2 fully saturated rings. The number of amides is 1. The van der Waals surface area contributed by atoms with E-state index in [9.17, 15) is 4.79 Å². The molecule has 3 heteroatoms. The first-order valence-corrected chi connectivity index (χ1v) is 6.41. The van der Waals surface area contributed by atoms with Gasteiger partial charge in [0, 0.05) is 13.1 Å². The highest BCUT2D eigenvalue weighted by Gasteiger charge is 2.36. The molecule has 3 nitrogen and oxygen atoms in total. The molecule has 1 saturated carbocycles. The van der Waals surface area contributed by atoms with Crippen LogP contribution in [0.2, 0.25) is 0 Å². The molecule has 1 saturated heterocycles. The monoisotopic (exact) mass is 220 g/mol. The fourth-order valence-electron chi connectivity index (χ4n) is 3.21. The van der Waals surface area contributed by atoms with Crippen LogP contribution in [0.5, 0.6) is 0 Å². The maximum atomic E-state index is 11.6. The van der Waals surface area contributed by atoms with Gasteiger partial charge in [-0.2, -0.15) is 5.26 Å². The lowest BCUT2D eigenvalue weighted by Gasteiger charge is -2.44. The van der Waals surface area contributed by atoms with Gasteiger partial charge in [0.2, 0.25) is 5.91 Å². The summed E-state index contributed by atoms with van der Waals surface area (Å²) in [5, 5.41) is 8.51. The van der Waals surface area contributed by atoms with Crippen molar-refractivity contribution in [1.29, 1.82) is 5.26 Å². The molecule has 0 aromatic carbocycles. The number of hydrogen-bond acceptors (Lipinski definition) is 2. The fourth-order valence-corrected chi connectivity index (χ4v) is 3.21. The van der Waals surface area contributed by atoms with Gasteiger partial charge in [0.25, 0.3) is 0 Å².